The third kappa shape index (κ3) is 2.82. The number of hydrogen-bond donors (Lipinski definition) is 1. The highest BCUT2D eigenvalue weighted by Gasteiger charge is 2.18. The predicted octanol–water partition coefficient (Wildman–Crippen LogP) is 2.80. The van der Waals surface area contributed by atoms with E-state index in [0.29, 0.717) is 5.95 Å². The van der Waals surface area contributed by atoms with Gasteiger partial charge in [-0.05, 0) is 32.3 Å². The van der Waals surface area contributed by atoms with Gasteiger partial charge in [0.05, 0.1) is 0 Å². The maximum atomic E-state index is 4.69. The third-order valence-corrected chi connectivity index (χ3v) is 3.86. The zero-order chi connectivity index (χ0) is 14.8. The van der Waals surface area contributed by atoms with Crippen molar-refractivity contribution in [3.05, 3.63) is 29.3 Å². The summed E-state index contributed by atoms with van der Waals surface area (Å²) in [6, 6.07) is 6.35. The van der Waals surface area contributed by atoms with E-state index in [1.807, 2.05) is 7.05 Å². The number of rotatable bonds is 3. The number of nitrogens with zero attached hydrogens (tertiary/aromatic N) is 4. The SMILES string of the molecule is CNc1nc(-c2ccc(C)cc2C)nc(N2CCCC2)n1. The first kappa shape index (κ1) is 13.8. The Hall–Kier alpha value is -2.17. The Morgan fingerprint density at radius 2 is 1.81 bits per heavy atom. The van der Waals surface area contributed by atoms with Gasteiger partial charge in [0.1, 0.15) is 0 Å². The highest BCUT2D eigenvalue weighted by molar-refractivity contribution is 5.63. The Morgan fingerprint density at radius 1 is 1.05 bits per heavy atom. The molecule has 0 atom stereocenters. The Morgan fingerprint density at radius 3 is 2.48 bits per heavy atom. The number of anilines is 2. The summed E-state index contributed by atoms with van der Waals surface area (Å²) in [7, 11) is 1.84. The van der Waals surface area contributed by atoms with E-state index >= 15 is 0 Å². The molecule has 21 heavy (non-hydrogen) atoms. The highest BCUT2D eigenvalue weighted by Crippen LogP contribution is 2.25. The zero-order valence-corrected chi connectivity index (χ0v) is 12.8. The van der Waals surface area contributed by atoms with E-state index in [0.717, 1.165) is 30.4 Å². The smallest absolute Gasteiger partial charge is 0.230 e. The van der Waals surface area contributed by atoms with Crippen LogP contribution in [0, 0.1) is 13.8 Å². The van der Waals surface area contributed by atoms with Crippen LogP contribution in [-0.4, -0.2) is 35.1 Å². The molecule has 1 aliphatic rings. The van der Waals surface area contributed by atoms with Crippen molar-refractivity contribution in [1.29, 1.82) is 0 Å². The second-order valence-electron chi connectivity index (χ2n) is 5.55. The van der Waals surface area contributed by atoms with E-state index in [9.17, 15) is 0 Å². The number of benzene rings is 1. The molecule has 2 heterocycles. The van der Waals surface area contributed by atoms with Crippen molar-refractivity contribution in [2.75, 3.05) is 30.4 Å². The summed E-state index contributed by atoms with van der Waals surface area (Å²) in [5.41, 5.74) is 3.51. The van der Waals surface area contributed by atoms with Crippen molar-refractivity contribution in [2.24, 2.45) is 0 Å². The summed E-state index contributed by atoms with van der Waals surface area (Å²) >= 11 is 0. The summed E-state index contributed by atoms with van der Waals surface area (Å²) in [6.45, 7) is 6.25. The maximum absolute atomic E-state index is 4.69. The molecular weight excluding hydrogens is 262 g/mol. The largest absolute Gasteiger partial charge is 0.357 e. The molecule has 5 nitrogen and oxygen atoms in total. The van der Waals surface area contributed by atoms with Gasteiger partial charge in [0.15, 0.2) is 5.82 Å². The Kier molecular flexibility index (Phi) is 3.73. The summed E-state index contributed by atoms with van der Waals surface area (Å²) < 4.78 is 0. The van der Waals surface area contributed by atoms with Crippen LogP contribution in [0.15, 0.2) is 18.2 Å². The van der Waals surface area contributed by atoms with Gasteiger partial charge in [-0.15, -0.1) is 0 Å². The van der Waals surface area contributed by atoms with Crippen molar-refractivity contribution >= 4 is 11.9 Å². The first-order chi connectivity index (χ1) is 10.2. The van der Waals surface area contributed by atoms with Gasteiger partial charge < -0.3 is 10.2 Å². The van der Waals surface area contributed by atoms with E-state index in [-0.39, 0.29) is 0 Å². The Labute approximate surface area is 125 Å². The van der Waals surface area contributed by atoms with Gasteiger partial charge >= 0.3 is 0 Å². The lowest BCUT2D eigenvalue weighted by molar-refractivity contribution is 0.884. The lowest BCUT2D eigenvalue weighted by Gasteiger charge is -2.17. The molecule has 0 saturated carbocycles. The van der Waals surface area contributed by atoms with Crippen LogP contribution in [-0.2, 0) is 0 Å². The minimum absolute atomic E-state index is 0.627. The van der Waals surface area contributed by atoms with Gasteiger partial charge in [0, 0.05) is 25.7 Å². The molecule has 0 aliphatic carbocycles. The molecule has 0 bridgehead atoms. The van der Waals surface area contributed by atoms with Gasteiger partial charge in [-0.2, -0.15) is 15.0 Å². The van der Waals surface area contributed by atoms with Crippen molar-refractivity contribution in [1.82, 2.24) is 15.0 Å². The molecule has 2 aromatic rings. The first-order valence-electron chi connectivity index (χ1n) is 7.44. The van der Waals surface area contributed by atoms with Gasteiger partial charge in [-0.3, -0.25) is 0 Å². The molecule has 0 radical (unpaired) electrons. The van der Waals surface area contributed by atoms with Crippen LogP contribution in [0.5, 0.6) is 0 Å². The summed E-state index contributed by atoms with van der Waals surface area (Å²) in [5.74, 6) is 2.15. The molecule has 3 rings (SSSR count). The standard InChI is InChI=1S/C16H21N5/c1-11-6-7-13(12(2)10-11)14-18-15(17-3)20-16(19-14)21-8-4-5-9-21/h6-7,10H,4-5,8-9H2,1-3H3,(H,17,18,19,20). The van der Waals surface area contributed by atoms with Crippen LogP contribution >= 0.6 is 0 Å². The van der Waals surface area contributed by atoms with Crippen molar-refractivity contribution in [3.63, 3.8) is 0 Å². The van der Waals surface area contributed by atoms with E-state index in [1.165, 1.54) is 24.0 Å². The minimum atomic E-state index is 0.627. The fourth-order valence-corrected chi connectivity index (χ4v) is 2.72. The minimum Gasteiger partial charge on any atom is -0.357 e. The van der Waals surface area contributed by atoms with Gasteiger partial charge in [-0.25, -0.2) is 0 Å². The van der Waals surface area contributed by atoms with Crippen LogP contribution in [0.4, 0.5) is 11.9 Å². The topological polar surface area (TPSA) is 53.9 Å². The van der Waals surface area contributed by atoms with Gasteiger partial charge in [0.25, 0.3) is 0 Å². The van der Waals surface area contributed by atoms with E-state index in [1.54, 1.807) is 0 Å². The number of nitrogens with one attached hydrogen (secondary N) is 1. The second kappa shape index (κ2) is 5.68. The molecule has 5 heteroatoms. The van der Waals surface area contributed by atoms with Crippen LogP contribution in [0.3, 0.4) is 0 Å². The van der Waals surface area contributed by atoms with Crippen molar-refractivity contribution in [2.45, 2.75) is 26.7 Å². The van der Waals surface area contributed by atoms with Crippen molar-refractivity contribution < 1.29 is 0 Å². The fourth-order valence-electron chi connectivity index (χ4n) is 2.72. The lowest BCUT2D eigenvalue weighted by Crippen LogP contribution is -2.21. The average molecular weight is 283 g/mol. The van der Waals surface area contributed by atoms with Gasteiger partial charge in [0.2, 0.25) is 11.9 Å². The van der Waals surface area contributed by atoms with Crippen LogP contribution in [0.25, 0.3) is 11.4 Å². The molecule has 1 saturated heterocycles. The van der Waals surface area contributed by atoms with Crippen LogP contribution < -0.4 is 10.2 Å². The maximum Gasteiger partial charge on any atom is 0.230 e. The van der Waals surface area contributed by atoms with Crippen LogP contribution in [0.2, 0.25) is 0 Å². The number of aromatic nitrogens is 3. The second-order valence-corrected chi connectivity index (χ2v) is 5.55. The van der Waals surface area contributed by atoms with E-state index in [2.05, 4.69) is 57.2 Å². The first-order valence-corrected chi connectivity index (χ1v) is 7.44. The molecule has 0 amide bonds. The molecule has 1 aliphatic heterocycles. The van der Waals surface area contributed by atoms with E-state index in [4.69, 9.17) is 0 Å². The number of hydrogen-bond acceptors (Lipinski definition) is 5. The monoisotopic (exact) mass is 283 g/mol. The van der Waals surface area contributed by atoms with Crippen LogP contribution in [0.1, 0.15) is 24.0 Å². The summed E-state index contributed by atoms with van der Waals surface area (Å²) in [6.07, 6.45) is 2.42. The van der Waals surface area contributed by atoms with E-state index < -0.39 is 0 Å². The quantitative estimate of drug-likeness (QED) is 0.938. The fraction of sp³-hybridized carbons (Fsp3) is 0.438. The third-order valence-electron chi connectivity index (χ3n) is 3.86. The number of aryl methyl sites for hydroxylation is 2. The highest BCUT2D eigenvalue weighted by atomic mass is 15.3. The molecule has 1 fully saturated rings. The molecular formula is C16H21N5. The molecule has 0 unspecified atom stereocenters. The summed E-state index contributed by atoms with van der Waals surface area (Å²) in [5, 5.41) is 3.04. The average Bonchev–Trinajstić information content (AvgIpc) is 3.01. The van der Waals surface area contributed by atoms with Crippen molar-refractivity contribution in [3.8, 4) is 11.4 Å². The summed E-state index contributed by atoms with van der Waals surface area (Å²) in [4.78, 5) is 15.9. The predicted molar refractivity (Wildman–Crippen MR) is 85.7 cm³/mol. The molecule has 1 N–H and O–H groups in total. The zero-order valence-electron chi connectivity index (χ0n) is 12.8. The molecule has 1 aromatic carbocycles. The Balaban J connectivity index is 2.06. The molecule has 110 valence electrons. The normalized spacial score (nSPS) is 14.5. The Bertz CT molecular complexity index is 647. The van der Waals surface area contributed by atoms with Gasteiger partial charge in [-0.1, -0.05) is 23.8 Å². The lowest BCUT2D eigenvalue weighted by atomic mass is 10.1. The molecule has 0 spiro atoms. The molecule has 1 aromatic heterocycles.